The normalized spacial score (nSPS) is 10.3. The molecule has 2 aromatic heterocycles. The van der Waals surface area contributed by atoms with Crippen molar-refractivity contribution in [2.45, 2.75) is 6.92 Å². The van der Waals surface area contributed by atoms with Gasteiger partial charge in [-0.2, -0.15) is 10.1 Å². The van der Waals surface area contributed by atoms with Crippen molar-refractivity contribution in [3.8, 4) is 0 Å². The van der Waals surface area contributed by atoms with Gasteiger partial charge >= 0.3 is 5.97 Å². The van der Waals surface area contributed by atoms with E-state index in [0.717, 1.165) is 0 Å². The van der Waals surface area contributed by atoms with Crippen LogP contribution in [0, 0.1) is 6.92 Å². The summed E-state index contributed by atoms with van der Waals surface area (Å²) in [4.78, 5) is 19.7. The summed E-state index contributed by atoms with van der Waals surface area (Å²) in [5.74, 6) is 0.0140. The summed E-state index contributed by atoms with van der Waals surface area (Å²) in [6.45, 7) is 5.37. The lowest BCUT2D eigenvalue weighted by molar-refractivity contribution is 0.0547. The minimum atomic E-state index is -0.442. The molecule has 0 aliphatic carbocycles. The van der Waals surface area contributed by atoms with Crippen LogP contribution in [0.25, 0.3) is 5.78 Å². The number of aromatic nitrogens is 4. The smallest absolute Gasteiger partial charge is 0.341 e. The first kappa shape index (κ1) is 10.3. The third-order valence-electron chi connectivity index (χ3n) is 2.02. The van der Waals surface area contributed by atoms with Crippen LogP contribution in [0.5, 0.6) is 0 Å². The molecule has 2 aromatic rings. The van der Waals surface area contributed by atoms with Crippen LogP contribution in [-0.4, -0.2) is 32.2 Å². The number of fused-ring (bicyclic) bond motifs is 1. The Morgan fingerprint density at radius 1 is 1.69 bits per heavy atom. The maximum absolute atomic E-state index is 11.6. The molecule has 2 heterocycles. The van der Waals surface area contributed by atoms with Gasteiger partial charge < -0.3 is 4.74 Å². The molecule has 2 rings (SSSR count). The average Bonchev–Trinajstić information content (AvgIpc) is 2.71. The van der Waals surface area contributed by atoms with Crippen LogP contribution >= 0.6 is 0 Å². The summed E-state index contributed by atoms with van der Waals surface area (Å²) in [7, 11) is 0. The standard InChI is InChI=1S/C10H10N4O2/c1-3-4-16-9(15)8-5-14-10(11-6-12-14)13-7(8)2/h3,5-6H,1,4H2,2H3. The summed E-state index contributed by atoms with van der Waals surface area (Å²) in [6.07, 6.45) is 4.44. The zero-order valence-corrected chi connectivity index (χ0v) is 8.75. The van der Waals surface area contributed by atoms with Crippen LogP contribution in [0.4, 0.5) is 0 Å². The molecule has 0 atom stereocenters. The summed E-state index contributed by atoms with van der Waals surface area (Å²) < 4.78 is 6.35. The van der Waals surface area contributed by atoms with Gasteiger partial charge in [0.15, 0.2) is 0 Å². The molecule has 0 aliphatic rings. The maximum atomic E-state index is 11.6. The molecule has 0 spiro atoms. The van der Waals surface area contributed by atoms with Gasteiger partial charge in [0.25, 0.3) is 5.78 Å². The predicted molar refractivity (Wildman–Crippen MR) is 56.0 cm³/mol. The fourth-order valence-electron chi connectivity index (χ4n) is 1.25. The lowest BCUT2D eigenvalue weighted by Crippen LogP contribution is -2.10. The van der Waals surface area contributed by atoms with Gasteiger partial charge in [-0.15, -0.1) is 0 Å². The minimum absolute atomic E-state index is 0.174. The summed E-state index contributed by atoms with van der Waals surface area (Å²) in [5, 5.41) is 3.90. The molecule has 82 valence electrons. The molecule has 0 aliphatic heterocycles. The van der Waals surface area contributed by atoms with Gasteiger partial charge in [-0.05, 0) is 6.92 Å². The molecule has 0 fully saturated rings. The molecule has 16 heavy (non-hydrogen) atoms. The molecule has 0 N–H and O–H groups in total. The molecular formula is C10H10N4O2. The first-order chi connectivity index (χ1) is 7.72. The van der Waals surface area contributed by atoms with Crippen molar-refractivity contribution in [2.75, 3.05) is 6.61 Å². The van der Waals surface area contributed by atoms with E-state index >= 15 is 0 Å². The highest BCUT2D eigenvalue weighted by Crippen LogP contribution is 2.07. The Balaban J connectivity index is 2.38. The van der Waals surface area contributed by atoms with Crippen molar-refractivity contribution in [3.63, 3.8) is 0 Å². The molecule has 6 nitrogen and oxygen atoms in total. The van der Waals surface area contributed by atoms with Crippen molar-refractivity contribution >= 4 is 11.7 Å². The van der Waals surface area contributed by atoms with Crippen LogP contribution < -0.4 is 0 Å². The second kappa shape index (κ2) is 4.09. The predicted octanol–water partition coefficient (Wildman–Crippen LogP) is 0.776. The Hall–Kier alpha value is -2.24. The molecule has 0 saturated heterocycles. The first-order valence-electron chi connectivity index (χ1n) is 4.67. The van der Waals surface area contributed by atoms with Crippen molar-refractivity contribution < 1.29 is 9.53 Å². The number of esters is 1. The maximum Gasteiger partial charge on any atom is 0.341 e. The van der Waals surface area contributed by atoms with E-state index in [-0.39, 0.29) is 6.61 Å². The van der Waals surface area contributed by atoms with Gasteiger partial charge in [0.1, 0.15) is 12.9 Å². The molecular weight excluding hydrogens is 208 g/mol. The third-order valence-corrected chi connectivity index (χ3v) is 2.02. The van der Waals surface area contributed by atoms with Gasteiger partial charge in [-0.3, -0.25) is 0 Å². The lowest BCUT2D eigenvalue weighted by Gasteiger charge is -2.04. The molecule has 0 bridgehead atoms. The zero-order valence-electron chi connectivity index (χ0n) is 8.75. The molecule has 0 aromatic carbocycles. The Kier molecular flexibility index (Phi) is 2.63. The van der Waals surface area contributed by atoms with Gasteiger partial charge in [0.05, 0.1) is 11.3 Å². The van der Waals surface area contributed by atoms with Crippen molar-refractivity contribution in [1.29, 1.82) is 0 Å². The Bertz CT molecular complexity index is 547. The number of carbonyl (C=O) groups excluding carboxylic acids is 1. The highest BCUT2D eigenvalue weighted by Gasteiger charge is 2.13. The Morgan fingerprint density at radius 2 is 2.50 bits per heavy atom. The number of rotatable bonds is 3. The molecule has 0 unspecified atom stereocenters. The number of nitrogens with zero attached hydrogens (tertiary/aromatic N) is 4. The van der Waals surface area contributed by atoms with E-state index in [9.17, 15) is 4.79 Å². The Morgan fingerprint density at radius 3 is 3.25 bits per heavy atom. The summed E-state index contributed by atoms with van der Waals surface area (Å²) in [5.41, 5.74) is 0.939. The quantitative estimate of drug-likeness (QED) is 0.562. The zero-order chi connectivity index (χ0) is 11.5. The van der Waals surface area contributed by atoms with Crippen LogP contribution in [0.3, 0.4) is 0 Å². The van der Waals surface area contributed by atoms with Crippen molar-refractivity contribution in [1.82, 2.24) is 19.6 Å². The summed E-state index contributed by atoms with van der Waals surface area (Å²) in [6, 6.07) is 0. The molecule has 0 amide bonds. The molecule has 0 saturated carbocycles. The topological polar surface area (TPSA) is 69.4 Å². The Labute approximate surface area is 91.6 Å². The number of hydrogen-bond acceptors (Lipinski definition) is 5. The number of aryl methyl sites for hydroxylation is 1. The minimum Gasteiger partial charge on any atom is -0.458 e. The highest BCUT2D eigenvalue weighted by molar-refractivity contribution is 5.90. The third kappa shape index (κ3) is 1.77. The fraction of sp³-hybridized carbons (Fsp3) is 0.200. The van der Waals surface area contributed by atoms with E-state index in [2.05, 4.69) is 21.6 Å². The number of carbonyl (C=O) groups is 1. The van der Waals surface area contributed by atoms with Gasteiger partial charge in [-0.25, -0.2) is 14.3 Å². The van der Waals surface area contributed by atoms with Crippen LogP contribution in [0.2, 0.25) is 0 Å². The van der Waals surface area contributed by atoms with E-state index in [1.165, 1.54) is 16.9 Å². The van der Waals surface area contributed by atoms with E-state index in [0.29, 0.717) is 17.0 Å². The molecule has 0 radical (unpaired) electrons. The van der Waals surface area contributed by atoms with Crippen LogP contribution in [0.1, 0.15) is 16.1 Å². The van der Waals surface area contributed by atoms with Gasteiger partial charge in [0, 0.05) is 6.20 Å². The molecule has 6 heteroatoms. The number of ether oxygens (including phenoxy) is 1. The summed E-state index contributed by atoms with van der Waals surface area (Å²) >= 11 is 0. The van der Waals surface area contributed by atoms with Crippen LogP contribution in [-0.2, 0) is 4.74 Å². The van der Waals surface area contributed by atoms with Crippen molar-refractivity contribution in [3.05, 3.63) is 36.4 Å². The second-order valence-electron chi connectivity index (χ2n) is 3.13. The second-order valence-corrected chi connectivity index (χ2v) is 3.13. The monoisotopic (exact) mass is 218 g/mol. The van der Waals surface area contributed by atoms with Gasteiger partial charge in [0.2, 0.25) is 0 Å². The van der Waals surface area contributed by atoms with E-state index in [4.69, 9.17) is 4.74 Å². The van der Waals surface area contributed by atoms with Crippen molar-refractivity contribution in [2.24, 2.45) is 0 Å². The van der Waals surface area contributed by atoms with Crippen LogP contribution in [0.15, 0.2) is 25.2 Å². The average molecular weight is 218 g/mol. The van der Waals surface area contributed by atoms with E-state index in [1.54, 1.807) is 13.1 Å². The first-order valence-corrected chi connectivity index (χ1v) is 4.67. The highest BCUT2D eigenvalue weighted by atomic mass is 16.5. The number of hydrogen-bond donors (Lipinski definition) is 0. The largest absolute Gasteiger partial charge is 0.458 e. The fourth-order valence-corrected chi connectivity index (χ4v) is 1.25. The lowest BCUT2D eigenvalue weighted by atomic mass is 10.2. The SMILES string of the molecule is C=CCOC(=O)c1cn2ncnc2nc1C. The van der Waals surface area contributed by atoms with E-state index in [1.807, 2.05) is 0 Å². The van der Waals surface area contributed by atoms with Gasteiger partial charge in [-0.1, -0.05) is 12.7 Å². The van der Waals surface area contributed by atoms with E-state index < -0.39 is 5.97 Å².